The lowest BCUT2D eigenvalue weighted by Gasteiger charge is -2.13. The number of hydrogen-bond acceptors (Lipinski definition) is 4. The van der Waals surface area contributed by atoms with Gasteiger partial charge in [0.05, 0.1) is 13.3 Å². The average Bonchev–Trinajstić information content (AvgIpc) is 2.65. The van der Waals surface area contributed by atoms with Crippen LogP contribution in [-0.2, 0) is 6.61 Å². The van der Waals surface area contributed by atoms with Crippen LogP contribution in [0.3, 0.4) is 0 Å². The Hall–Kier alpha value is -2.86. The van der Waals surface area contributed by atoms with Crippen molar-refractivity contribution in [2.75, 3.05) is 13.7 Å². The van der Waals surface area contributed by atoms with Gasteiger partial charge in [-0.25, -0.2) is 0 Å². The van der Waals surface area contributed by atoms with Crippen LogP contribution < -0.4 is 20.2 Å². The minimum Gasteiger partial charge on any atom is -0.493 e. The van der Waals surface area contributed by atoms with Crippen molar-refractivity contribution in [1.29, 1.82) is 0 Å². The molecule has 0 aromatic heterocycles. The molecule has 0 saturated carbocycles. The van der Waals surface area contributed by atoms with Crippen molar-refractivity contribution in [3.05, 3.63) is 72.3 Å². The highest BCUT2D eigenvalue weighted by atomic mass is 32.1. The highest BCUT2D eigenvalue weighted by Crippen LogP contribution is 2.30. The Balaban J connectivity index is 2.09. The van der Waals surface area contributed by atoms with Crippen LogP contribution in [0.4, 0.5) is 0 Å². The van der Waals surface area contributed by atoms with Crippen LogP contribution in [0.1, 0.15) is 11.1 Å². The van der Waals surface area contributed by atoms with Crippen molar-refractivity contribution in [2.45, 2.75) is 6.61 Å². The van der Waals surface area contributed by atoms with Crippen molar-refractivity contribution in [3.63, 3.8) is 0 Å². The van der Waals surface area contributed by atoms with Crippen LogP contribution in [0.2, 0.25) is 0 Å². The van der Waals surface area contributed by atoms with E-state index in [4.69, 9.17) is 21.7 Å². The van der Waals surface area contributed by atoms with Gasteiger partial charge in [-0.3, -0.25) is 5.43 Å². The van der Waals surface area contributed by atoms with E-state index in [0.29, 0.717) is 29.8 Å². The molecular weight excluding hydrogens is 334 g/mol. The van der Waals surface area contributed by atoms with E-state index in [1.807, 2.05) is 48.5 Å². The summed E-state index contributed by atoms with van der Waals surface area (Å²) in [6, 6.07) is 15.6. The molecule has 0 aliphatic rings. The van der Waals surface area contributed by atoms with Crippen molar-refractivity contribution in [3.8, 4) is 11.5 Å². The molecule has 0 bridgehead atoms. The zero-order chi connectivity index (χ0) is 17.9. The van der Waals surface area contributed by atoms with Gasteiger partial charge in [0, 0.05) is 12.1 Å². The quantitative estimate of drug-likeness (QED) is 0.329. The van der Waals surface area contributed by atoms with Gasteiger partial charge < -0.3 is 14.8 Å². The summed E-state index contributed by atoms with van der Waals surface area (Å²) >= 11 is 5.09. The molecule has 0 spiro atoms. The molecule has 2 aromatic carbocycles. The summed E-state index contributed by atoms with van der Waals surface area (Å²) < 4.78 is 11.4. The number of benzene rings is 2. The highest BCUT2D eigenvalue weighted by Gasteiger charge is 2.09. The lowest BCUT2D eigenvalue weighted by molar-refractivity contribution is 0.284. The van der Waals surface area contributed by atoms with Crippen molar-refractivity contribution in [2.24, 2.45) is 5.10 Å². The van der Waals surface area contributed by atoms with Gasteiger partial charge in [-0.05, 0) is 29.9 Å². The Bertz CT molecular complexity index is 733. The molecule has 2 N–H and O–H groups in total. The van der Waals surface area contributed by atoms with E-state index in [0.717, 1.165) is 11.1 Å². The number of para-hydroxylation sites is 1. The summed E-state index contributed by atoms with van der Waals surface area (Å²) in [5, 5.41) is 7.49. The van der Waals surface area contributed by atoms with Gasteiger partial charge in [-0.1, -0.05) is 42.5 Å². The third-order valence-corrected chi connectivity index (χ3v) is 3.47. The number of nitrogens with zero attached hydrogens (tertiary/aromatic N) is 1. The largest absolute Gasteiger partial charge is 0.493 e. The van der Waals surface area contributed by atoms with Gasteiger partial charge >= 0.3 is 0 Å². The minimum atomic E-state index is 0.422. The fourth-order valence-corrected chi connectivity index (χ4v) is 2.18. The smallest absolute Gasteiger partial charge is 0.187 e. The van der Waals surface area contributed by atoms with E-state index in [1.165, 1.54) is 0 Å². The van der Waals surface area contributed by atoms with Gasteiger partial charge in [0.15, 0.2) is 16.6 Å². The minimum absolute atomic E-state index is 0.422. The van der Waals surface area contributed by atoms with Crippen LogP contribution in [0.5, 0.6) is 11.5 Å². The third-order valence-electron chi connectivity index (χ3n) is 3.23. The lowest BCUT2D eigenvalue weighted by Crippen LogP contribution is -2.31. The first-order valence-corrected chi connectivity index (χ1v) is 8.17. The third kappa shape index (κ3) is 5.93. The molecule has 0 amide bonds. The summed E-state index contributed by atoms with van der Waals surface area (Å²) in [6.07, 6.45) is 3.36. The molecule has 2 aromatic rings. The predicted molar refractivity (Wildman–Crippen MR) is 105 cm³/mol. The Morgan fingerprint density at radius 3 is 2.72 bits per heavy atom. The van der Waals surface area contributed by atoms with E-state index in [2.05, 4.69) is 22.4 Å². The van der Waals surface area contributed by atoms with E-state index in [-0.39, 0.29) is 0 Å². The second kappa shape index (κ2) is 10.1. The molecule has 0 aliphatic heterocycles. The fraction of sp³-hybridized carbons (Fsp3) is 0.158. The van der Waals surface area contributed by atoms with Crippen molar-refractivity contribution in [1.82, 2.24) is 10.7 Å². The maximum atomic E-state index is 5.96. The number of methoxy groups -OCH3 is 1. The zero-order valence-corrected chi connectivity index (χ0v) is 14.9. The molecule has 5 nitrogen and oxygen atoms in total. The Morgan fingerprint density at radius 2 is 2.00 bits per heavy atom. The second-order valence-electron chi connectivity index (χ2n) is 5.02. The number of hydrazone groups is 1. The van der Waals surface area contributed by atoms with Crippen LogP contribution >= 0.6 is 12.2 Å². The molecule has 6 heteroatoms. The Morgan fingerprint density at radius 1 is 1.20 bits per heavy atom. The summed E-state index contributed by atoms with van der Waals surface area (Å²) in [7, 11) is 1.61. The van der Waals surface area contributed by atoms with Crippen LogP contribution in [0.25, 0.3) is 0 Å². The average molecular weight is 355 g/mol. The molecular formula is C19H21N3O2S. The van der Waals surface area contributed by atoms with E-state index < -0.39 is 0 Å². The normalized spacial score (nSPS) is 10.3. The van der Waals surface area contributed by atoms with Crippen molar-refractivity contribution >= 4 is 23.5 Å². The molecule has 0 fully saturated rings. The van der Waals surface area contributed by atoms with Crippen molar-refractivity contribution < 1.29 is 9.47 Å². The van der Waals surface area contributed by atoms with Gasteiger partial charge in [0.25, 0.3) is 0 Å². The predicted octanol–water partition coefficient (Wildman–Crippen LogP) is 3.26. The van der Waals surface area contributed by atoms with Gasteiger partial charge in [0.1, 0.15) is 6.61 Å². The van der Waals surface area contributed by atoms with Crippen LogP contribution in [-0.4, -0.2) is 25.0 Å². The van der Waals surface area contributed by atoms with E-state index in [1.54, 1.807) is 19.4 Å². The number of hydrogen-bond donors (Lipinski definition) is 2. The number of rotatable bonds is 8. The molecule has 0 radical (unpaired) electrons. The Kier molecular flexibility index (Phi) is 7.46. The molecule has 0 aliphatic carbocycles. The highest BCUT2D eigenvalue weighted by molar-refractivity contribution is 7.80. The van der Waals surface area contributed by atoms with E-state index in [9.17, 15) is 0 Å². The molecule has 0 atom stereocenters. The fourth-order valence-electron chi connectivity index (χ4n) is 2.04. The first kappa shape index (κ1) is 18.5. The summed E-state index contributed by atoms with van der Waals surface area (Å²) in [5.74, 6) is 1.27. The first-order chi connectivity index (χ1) is 12.2. The Labute approximate surface area is 153 Å². The standard InChI is InChI=1S/C19H21N3O2S/c1-3-12-20-19(25)22-21-13-16-10-7-11-17(23-2)18(16)24-14-15-8-5-4-6-9-15/h3-11,13H,1,12,14H2,2H3,(H2,20,22,25)/b21-13-. The number of ether oxygens (including phenoxy) is 2. The monoisotopic (exact) mass is 355 g/mol. The van der Waals surface area contributed by atoms with Crippen LogP contribution in [0, 0.1) is 0 Å². The molecule has 0 unspecified atom stereocenters. The summed E-state index contributed by atoms with van der Waals surface area (Å²) in [5.41, 5.74) is 4.61. The SMILES string of the molecule is C=CCNC(=S)N/N=C\c1cccc(OC)c1OCc1ccccc1. The van der Waals surface area contributed by atoms with Gasteiger partial charge in [-0.2, -0.15) is 5.10 Å². The zero-order valence-electron chi connectivity index (χ0n) is 14.1. The maximum Gasteiger partial charge on any atom is 0.187 e. The molecule has 130 valence electrons. The second-order valence-corrected chi connectivity index (χ2v) is 5.43. The topological polar surface area (TPSA) is 54.9 Å². The first-order valence-electron chi connectivity index (χ1n) is 7.76. The van der Waals surface area contributed by atoms with Gasteiger partial charge in [0.2, 0.25) is 0 Å². The maximum absolute atomic E-state index is 5.96. The van der Waals surface area contributed by atoms with Crippen LogP contribution in [0.15, 0.2) is 66.3 Å². The molecule has 2 rings (SSSR count). The van der Waals surface area contributed by atoms with Gasteiger partial charge in [-0.15, -0.1) is 6.58 Å². The number of thiocarbonyl (C=S) groups is 1. The summed E-state index contributed by atoms with van der Waals surface area (Å²) in [4.78, 5) is 0. The molecule has 25 heavy (non-hydrogen) atoms. The lowest BCUT2D eigenvalue weighted by atomic mass is 10.2. The van der Waals surface area contributed by atoms with E-state index >= 15 is 0 Å². The summed E-state index contributed by atoms with van der Waals surface area (Å²) in [6.45, 7) is 4.63. The molecule has 0 saturated heterocycles. The molecule has 0 heterocycles. The number of nitrogens with one attached hydrogen (secondary N) is 2.